The fraction of sp³-hybridized carbons (Fsp3) is 0.182. The average molecular weight is 236 g/mol. The minimum absolute atomic E-state index is 1.06. The lowest BCUT2D eigenvalue weighted by molar-refractivity contribution is 1.32. The maximum atomic E-state index is 4.36. The zero-order valence-corrected chi connectivity index (χ0v) is 9.22. The molecule has 2 rings (SSSR count). The highest BCUT2D eigenvalue weighted by Gasteiger charge is 2.01. The number of hydrogen-bond donors (Lipinski definition) is 0. The van der Waals surface area contributed by atoms with Crippen LogP contribution in [0.15, 0.2) is 28.9 Å². The van der Waals surface area contributed by atoms with E-state index in [0.717, 1.165) is 9.99 Å². The summed E-state index contributed by atoms with van der Waals surface area (Å²) in [4.78, 5) is 4.36. The topological polar surface area (TPSA) is 12.9 Å². The van der Waals surface area contributed by atoms with Crippen LogP contribution in [-0.4, -0.2) is 4.98 Å². The van der Waals surface area contributed by atoms with Gasteiger partial charge in [0.05, 0.1) is 5.52 Å². The van der Waals surface area contributed by atoms with Crippen molar-refractivity contribution in [3.63, 3.8) is 0 Å². The number of aryl methyl sites for hydroxylation is 2. The largest absolute Gasteiger partial charge is 0.256 e. The van der Waals surface area contributed by atoms with Gasteiger partial charge in [-0.3, -0.25) is 4.98 Å². The monoisotopic (exact) mass is 235 g/mol. The van der Waals surface area contributed by atoms with Gasteiger partial charge in [0.1, 0.15) is 0 Å². The van der Waals surface area contributed by atoms with Crippen LogP contribution in [0, 0.1) is 13.8 Å². The minimum Gasteiger partial charge on any atom is -0.256 e. The normalized spacial score (nSPS) is 10.7. The predicted octanol–water partition coefficient (Wildman–Crippen LogP) is 3.61. The van der Waals surface area contributed by atoms with E-state index in [1.165, 1.54) is 16.5 Å². The molecule has 0 atom stereocenters. The SMILES string of the molecule is Cc1cnc2ccc(Br)c(C)c2c1. The molecule has 1 aromatic carbocycles. The van der Waals surface area contributed by atoms with Crippen molar-refractivity contribution in [2.45, 2.75) is 13.8 Å². The standard InChI is InChI=1S/C11H10BrN/c1-7-5-9-8(2)10(12)3-4-11(9)13-6-7/h3-6H,1-2H3. The van der Waals surface area contributed by atoms with Crippen LogP contribution in [0.3, 0.4) is 0 Å². The number of aromatic nitrogens is 1. The molecule has 0 saturated carbocycles. The summed E-state index contributed by atoms with van der Waals surface area (Å²) in [5, 5.41) is 1.23. The molecule has 1 heterocycles. The number of hydrogen-bond acceptors (Lipinski definition) is 1. The van der Waals surface area contributed by atoms with Gasteiger partial charge in [0.25, 0.3) is 0 Å². The smallest absolute Gasteiger partial charge is 0.0705 e. The molecule has 0 unspecified atom stereocenters. The van der Waals surface area contributed by atoms with Crippen molar-refractivity contribution in [3.05, 3.63) is 40.0 Å². The molecule has 13 heavy (non-hydrogen) atoms. The van der Waals surface area contributed by atoms with Crippen molar-refractivity contribution in [2.24, 2.45) is 0 Å². The Bertz CT molecular complexity index is 458. The van der Waals surface area contributed by atoms with Gasteiger partial charge in [-0.05, 0) is 43.2 Å². The number of rotatable bonds is 0. The van der Waals surface area contributed by atoms with Crippen molar-refractivity contribution in [1.82, 2.24) is 4.98 Å². The van der Waals surface area contributed by atoms with Gasteiger partial charge in [-0.15, -0.1) is 0 Å². The third-order valence-corrected chi connectivity index (χ3v) is 3.06. The molecule has 0 aliphatic rings. The fourth-order valence-corrected chi connectivity index (χ4v) is 1.76. The molecular formula is C11H10BrN. The highest BCUT2D eigenvalue weighted by Crippen LogP contribution is 2.24. The Morgan fingerprint density at radius 3 is 2.77 bits per heavy atom. The molecule has 0 N–H and O–H groups in total. The minimum atomic E-state index is 1.06. The molecule has 0 aliphatic carbocycles. The van der Waals surface area contributed by atoms with E-state index in [1.54, 1.807) is 0 Å². The first-order chi connectivity index (χ1) is 6.18. The first kappa shape index (κ1) is 8.70. The van der Waals surface area contributed by atoms with E-state index in [1.807, 2.05) is 18.3 Å². The lowest BCUT2D eigenvalue weighted by atomic mass is 10.1. The van der Waals surface area contributed by atoms with Crippen molar-refractivity contribution in [3.8, 4) is 0 Å². The van der Waals surface area contributed by atoms with Crippen LogP contribution in [0.4, 0.5) is 0 Å². The highest BCUT2D eigenvalue weighted by molar-refractivity contribution is 9.10. The van der Waals surface area contributed by atoms with Crippen LogP contribution >= 0.6 is 15.9 Å². The fourth-order valence-electron chi connectivity index (χ4n) is 1.42. The third-order valence-electron chi connectivity index (χ3n) is 2.21. The van der Waals surface area contributed by atoms with Gasteiger partial charge in [-0.2, -0.15) is 0 Å². The Hall–Kier alpha value is -0.890. The number of pyridine rings is 1. The Morgan fingerprint density at radius 1 is 1.23 bits per heavy atom. The summed E-state index contributed by atoms with van der Waals surface area (Å²) in [6.45, 7) is 4.17. The molecule has 66 valence electrons. The van der Waals surface area contributed by atoms with E-state index >= 15 is 0 Å². The Labute approximate surface area is 85.9 Å². The van der Waals surface area contributed by atoms with Crippen molar-refractivity contribution >= 4 is 26.8 Å². The van der Waals surface area contributed by atoms with Gasteiger partial charge in [-0.1, -0.05) is 15.9 Å². The molecule has 0 amide bonds. The summed E-state index contributed by atoms with van der Waals surface area (Å²) < 4.78 is 1.15. The number of halogens is 1. The lowest BCUT2D eigenvalue weighted by Crippen LogP contribution is -1.85. The van der Waals surface area contributed by atoms with Gasteiger partial charge in [0.15, 0.2) is 0 Å². The third kappa shape index (κ3) is 1.46. The summed E-state index contributed by atoms with van der Waals surface area (Å²) in [6.07, 6.45) is 1.90. The molecular weight excluding hydrogens is 226 g/mol. The molecule has 0 radical (unpaired) electrons. The van der Waals surface area contributed by atoms with Crippen molar-refractivity contribution < 1.29 is 0 Å². The zero-order valence-electron chi connectivity index (χ0n) is 7.63. The summed E-state index contributed by atoms with van der Waals surface area (Å²) in [7, 11) is 0. The summed E-state index contributed by atoms with van der Waals surface area (Å²) in [5.74, 6) is 0. The Morgan fingerprint density at radius 2 is 2.00 bits per heavy atom. The zero-order chi connectivity index (χ0) is 9.42. The van der Waals surface area contributed by atoms with Gasteiger partial charge in [-0.25, -0.2) is 0 Å². The lowest BCUT2D eigenvalue weighted by Gasteiger charge is -2.04. The molecule has 0 spiro atoms. The molecule has 0 fully saturated rings. The number of benzene rings is 1. The van der Waals surface area contributed by atoms with Crippen molar-refractivity contribution in [2.75, 3.05) is 0 Å². The van der Waals surface area contributed by atoms with Gasteiger partial charge < -0.3 is 0 Å². The first-order valence-corrected chi connectivity index (χ1v) is 4.99. The van der Waals surface area contributed by atoms with Crippen LogP contribution in [0.5, 0.6) is 0 Å². The van der Waals surface area contributed by atoms with Crippen LogP contribution in [0.2, 0.25) is 0 Å². The second-order valence-electron chi connectivity index (χ2n) is 3.25. The second kappa shape index (κ2) is 3.11. The molecule has 1 aromatic heterocycles. The Kier molecular flexibility index (Phi) is 2.08. The average Bonchev–Trinajstić information content (AvgIpc) is 2.12. The van der Waals surface area contributed by atoms with E-state index < -0.39 is 0 Å². The van der Waals surface area contributed by atoms with Crippen molar-refractivity contribution in [1.29, 1.82) is 0 Å². The second-order valence-corrected chi connectivity index (χ2v) is 4.11. The summed E-state index contributed by atoms with van der Waals surface area (Å²) in [6, 6.07) is 6.24. The van der Waals surface area contributed by atoms with E-state index in [9.17, 15) is 0 Å². The van der Waals surface area contributed by atoms with Gasteiger partial charge in [0.2, 0.25) is 0 Å². The predicted molar refractivity (Wildman–Crippen MR) is 58.9 cm³/mol. The molecule has 0 aliphatic heterocycles. The van der Waals surface area contributed by atoms with Gasteiger partial charge in [0, 0.05) is 16.1 Å². The first-order valence-electron chi connectivity index (χ1n) is 4.20. The molecule has 2 heteroatoms. The molecule has 2 aromatic rings. The van der Waals surface area contributed by atoms with Crippen LogP contribution < -0.4 is 0 Å². The van der Waals surface area contributed by atoms with Gasteiger partial charge >= 0.3 is 0 Å². The highest BCUT2D eigenvalue weighted by atomic mass is 79.9. The van der Waals surface area contributed by atoms with Crippen LogP contribution in [0.1, 0.15) is 11.1 Å². The maximum absolute atomic E-state index is 4.36. The summed E-state index contributed by atoms with van der Waals surface area (Å²) in [5.41, 5.74) is 3.52. The summed E-state index contributed by atoms with van der Waals surface area (Å²) >= 11 is 3.51. The quantitative estimate of drug-likeness (QED) is 0.680. The van der Waals surface area contributed by atoms with Crippen LogP contribution in [0.25, 0.3) is 10.9 Å². The molecule has 0 saturated heterocycles. The Balaban J connectivity index is 2.89. The van der Waals surface area contributed by atoms with E-state index in [2.05, 4.69) is 40.8 Å². The van der Waals surface area contributed by atoms with Crippen LogP contribution in [-0.2, 0) is 0 Å². The maximum Gasteiger partial charge on any atom is 0.0705 e. The number of nitrogens with zero attached hydrogens (tertiary/aromatic N) is 1. The number of fused-ring (bicyclic) bond motifs is 1. The molecule has 0 bridgehead atoms. The molecule has 1 nitrogen and oxygen atoms in total. The van der Waals surface area contributed by atoms with E-state index in [0.29, 0.717) is 0 Å². The van der Waals surface area contributed by atoms with E-state index in [-0.39, 0.29) is 0 Å². The van der Waals surface area contributed by atoms with E-state index in [4.69, 9.17) is 0 Å².